The average Bonchev–Trinajstić information content (AvgIpc) is 3.09. The number of carbonyl (C=O) groups excluding carboxylic acids is 1. The van der Waals surface area contributed by atoms with Crippen molar-refractivity contribution < 1.29 is 52.2 Å². The molecule has 0 aliphatic heterocycles. The van der Waals surface area contributed by atoms with Crippen molar-refractivity contribution in [3.05, 3.63) is 12.7 Å². The summed E-state index contributed by atoms with van der Waals surface area (Å²) in [6, 6.07) is 0. The molecule has 0 aromatic carbocycles. The molecule has 0 saturated heterocycles. The summed E-state index contributed by atoms with van der Waals surface area (Å²) in [5.41, 5.74) is 0. The molecule has 0 radical (unpaired) electrons. The van der Waals surface area contributed by atoms with Crippen LogP contribution in [0.2, 0.25) is 0 Å². The van der Waals surface area contributed by atoms with Crippen molar-refractivity contribution in [1.82, 2.24) is 0 Å². The SMILES string of the molecule is C=CCOCCOCCOCCOCCOCCOCCOCCOCCOCCOC(=O)CCCCCCCCCCCCCCC. The van der Waals surface area contributed by atoms with E-state index >= 15 is 0 Å². The second-order valence-electron chi connectivity index (χ2n) is 11.5. The lowest BCUT2D eigenvalue weighted by molar-refractivity contribution is -0.145. The van der Waals surface area contributed by atoms with Crippen LogP contribution in [0.5, 0.6) is 0 Å². The first-order chi connectivity index (χ1) is 23.8. The van der Waals surface area contributed by atoms with Crippen LogP contribution >= 0.6 is 0 Å². The number of esters is 1. The predicted molar refractivity (Wildman–Crippen MR) is 189 cm³/mol. The van der Waals surface area contributed by atoms with Gasteiger partial charge in [0, 0.05) is 6.42 Å². The Labute approximate surface area is 292 Å². The van der Waals surface area contributed by atoms with Gasteiger partial charge in [0.1, 0.15) is 6.61 Å². The summed E-state index contributed by atoms with van der Waals surface area (Å²) in [5, 5.41) is 0. The molecule has 0 atom stereocenters. The minimum absolute atomic E-state index is 0.130. The van der Waals surface area contributed by atoms with E-state index in [1.165, 1.54) is 70.6 Å². The van der Waals surface area contributed by atoms with Crippen LogP contribution < -0.4 is 0 Å². The van der Waals surface area contributed by atoms with Gasteiger partial charge >= 0.3 is 5.97 Å². The molecule has 0 amide bonds. The summed E-state index contributed by atoms with van der Waals surface area (Å²) in [4.78, 5) is 11.9. The van der Waals surface area contributed by atoms with Crippen LogP contribution in [0.15, 0.2) is 12.7 Å². The molecule has 0 N–H and O–H groups in total. The lowest BCUT2D eigenvalue weighted by Gasteiger charge is -2.09. The maximum absolute atomic E-state index is 11.9. The highest BCUT2D eigenvalue weighted by Gasteiger charge is 2.03. The number of hydrogen-bond acceptors (Lipinski definition) is 11. The van der Waals surface area contributed by atoms with Crippen molar-refractivity contribution in [2.24, 2.45) is 0 Å². The molecule has 0 unspecified atom stereocenters. The molecule has 0 aromatic heterocycles. The predicted octanol–water partition coefficient (Wildman–Crippen LogP) is 6.35. The van der Waals surface area contributed by atoms with Crippen LogP contribution in [-0.2, 0) is 52.2 Å². The highest BCUT2D eigenvalue weighted by Crippen LogP contribution is 2.13. The zero-order valence-electron chi connectivity index (χ0n) is 30.6. The molecule has 0 spiro atoms. The molecule has 286 valence electrons. The first-order valence-electron chi connectivity index (χ1n) is 18.8. The van der Waals surface area contributed by atoms with Gasteiger partial charge in [-0.2, -0.15) is 0 Å². The van der Waals surface area contributed by atoms with Gasteiger partial charge in [-0.25, -0.2) is 0 Å². The third-order valence-corrected chi connectivity index (χ3v) is 7.19. The molecule has 0 aromatic rings. The molecule has 0 heterocycles. The van der Waals surface area contributed by atoms with Gasteiger partial charge in [-0.3, -0.25) is 4.79 Å². The van der Waals surface area contributed by atoms with E-state index in [2.05, 4.69) is 13.5 Å². The lowest BCUT2D eigenvalue weighted by atomic mass is 10.0. The Balaban J connectivity index is 3.12. The van der Waals surface area contributed by atoms with Crippen LogP contribution in [0.3, 0.4) is 0 Å². The molecular weight excluding hydrogens is 620 g/mol. The monoisotopic (exact) mass is 693 g/mol. The Kier molecular flexibility index (Phi) is 42.8. The summed E-state index contributed by atoms with van der Waals surface area (Å²) in [6.45, 7) is 15.3. The van der Waals surface area contributed by atoms with Crippen molar-refractivity contribution >= 4 is 5.97 Å². The summed E-state index contributed by atoms with van der Waals surface area (Å²) in [7, 11) is 0. The standard InChI is InChI=1S/C37H72O11/c1-3-5-6-7-8-9-10-11-12-13-14-15-16-17-37(38)48-36-35-47-34-33-46-32-31-45-30-29-44-28-27-43-26-25-42-24-23-41-22-21-40-20-19-39-18-4-2/h4H,2-3,5-36H2,1H3. The second-order valence-corrected chi connectivity index (χ2v) is 11.5. The van der Waals surface area contributed by atoms with E-state index in [4.69, 9.17) is 47.4 Å². The third kappa shape index (κ3) is 42.9. The van der Waals surface area contributed by atoms with Gasteiger partial charge in [0.15, 0.2) is 0 Å². The Morgan fingerprint density at radius 3 is 0.979 bits per heavy atom. The molecule has 48 heavy (non-hydrogen) atoms. The molecule has 0 rings (SSSR count). The Hall–Kier alpha value is -1.15. The van der Waals surface area contributed by atoms with Gasteiger partial charge < -0.3 is 47.4 Å². The largest absolute Gasteiger partial charge is 0.463 e. The molecule has 11 nitrogen and oxygen atoms in total. The van der Waals surface area contributed by atoms with Crippen LogP contribution in [0.25, 0.3) is 0 Å². The summed E-state index contributed by atoms with van der Waals surface area (Å²) in [6.07, 6.45) is 19.1. The van der Waals surface area contributed by atoms with E-state index in [1.54, 1.807) is 6.08 Å². The van der Waals surface area contributed by atoms with E-state index in [1.807, 2.05) is 0 Å². The van der Waals surface area contributed by atoms with E-state index in [0.29, 0.717) is 132 Å². The quantitative estimate of drug-likeness (QED) is 0.0405. The van der Waals surface area contributed by atoms with E-state index < -0.39 is 0 Å². The molecule has 0 aliphatic carbocycles. The molecule has 0 saturated carbocycles. The topological polar surface area (TPSA) is 109 Å². The second kappa shape index (κ2) is 43.9. The van der Waals surface area contributed by atoms with E-state index in [9.17, 15) is 4.79 Å². The van der Waals surface area contributed by atoms with Crippen LogP contribution in [0, 0.1) is 0 Å². The molecule has 0 fully saturated rings. The maximum Gasteiger partial charge on any atom is 0.305 e. The van der Waals surface area contributed by atoms with Crippen molar-refractivity contribution in [2.75, 3.05) is 126 Å². The smallest absolute Gasteiger partial charge is 0.305 e. The van der Waals surface area contributed by atoms with E-state index in [-0.39, 0.29) is 5.97 Å². The van der Waals surface area contributed by atoms with Crippen LogP contribution in [0.1, 0.15) is 96.8 Å². The van der Waals surface area contributed by atoms with Crippen molar-refractivity contribution in [1.29, 1.82) is 0 Å². The fraction of sp³-hybridized carbons (Fsp3) is 0.919. The third-order valence-electron chi connectivity index (χ3n) is 7.19. The van der Waals surface area contributed by atoms with Gasteiger partial charge in [-0.05, 0) is 6.42 Å². The van der Waals surface area contributed by atoms with Gasteiger partial charge in [-0.15, -0.1) is 6.58 Å². The van der Waals surface area contributed by atoms with Gasteiger partial charge in [0.25, 0.3) is 0 Å². The van der Waals surface area contributed by atoms with Gasteiger partial charge in [-0.1, -0.05) is 90.0 Å². The van der Waals surface area contributed by atoms with Gasteiger partial charge in [0.2, 0.25) is 0 Å². The lowest BCUT2D eigenvalue weighted by Crippen LogP contribution is -2.15. The minimum atomic E-state index is -0.130. The summed E-state index contributed by atoms with van der Waals surface area (Å²) >= 11 is 0. The normalized spacial score (nSPS) is 11.4. The van der Waals surface area contributed by atoms with Gasteiger partial charge in [0.05, 0.1) is 119 Å². The fourth-order valence-corrected chi connectivity index (χ4v) is 4.50. The maximum atomic E-state index is 11.9. The number of carbonyl (C=O) groups is 1. The number of ether oxygens (including phenoxy) is 10. The summed E-state index contributed by atoms with van der Waals surface area (Å²) in [5.74, 6) is -0.130. The number of unbranched alkanes of at least 4 members (excludes halogenated alkanes) is 12. The van der Waals surface area contributed by atoms with Crippen molar-refractivity contribution in [3.63, 3.8) is 0 Å². The van der Waals surface area contributed by atoms with Crippen molar-refractivity contribution in [2.45, 2.75) is 96.8 Å². The Morgan fingerprint density at radius 2 is 0.667 bits per heavy atom. The number of hydrogen-bond donors (Lipinski definition) is 0. The van der Waals surface area contributed by atoms with Crippen molar-refractivity contribution in [3.8, 4) is 0 Å². The highest BCUT2D eigenvalue weighted by atomic mass is 16.6. The van der Waals surface area contributed by atoms with Crippen LogP contribution in [0.4, 0.5) is 0 Å². The Morgan fingerprint density at radius 1 is 0.396 bits per heavy atom. The Bertz CT molecular complexity index is 624. The molecule has 0 aliphatic rings. The summed E-state index contributed by atoms with van der Waals surface area (Å²) < 4.78 is 54.1. The molecular formula is C37H72O11. The molecule has 0 bridgehead atoms. The zero-order chi connectivity index (χ0) is 34.7. The zero-order valence-corrected chi connectivity index (χ0v) is 30.6. The average molecular weight is 693 g/mol. The van der Waals surface area contributed by atoms with E-state index in [0.717, 1.165) is 12.8 Å². The first-order valence-corrected chi connectivity index (χ1v) is 18.8. The minimum Gasteiger partial charge on any atom is -0.463 e. The fourth-order valence-electron chi connectivity index (χ4n) is 4.50. The number of rotatable bonds is 43. The molecule has 11 heteroatoms. The van der Waals surface area contributed by atoms with Crippen LogP contribution in [-0.4, -0.2) is 132 Å². The highest BCUT2D eigenvalue weighted by molar-refractivity contribution is 5.69. The first kappa shape index (κ1) is 46.9.